The van der Waals surface area contributed by atoms with Crippen molar-refractivity contribution in [2.24, 2.45) is 5.73 Å². The highest BCUT2D eigenvalue weighted by Crippen LogP contribution is 2.28. The van der Waals surface area contributed by atoms with Crippen molar-refractivity contribution in [2.45, 2.75) is 19.5 Å². The van der Waals surface area contributed by atoms with Gasteiger partial charge >= 0.3 is 0 Å². The Morgan fingerprint density at radius 3 is 2.48 bits per heavy atom. The molecule has 0 saturated carbocycles. The zero-order valence-electron chi connectivity index (χ0n) is 16.5. The lowest BCUT2D eigenvalue weighted by atomic mass is 10.1. The maximum Gasteiger partial charge on any atom is 0.241 e. The van der Waals surface area contributed by atoms with E-state index < -0.39 is 6.04 Å². The fourth-order valence-electron chi connectivity index (χ4n) is 2.50. The lowest BCUT2D eigenvalue weighted by Crippen LogP contribution is -2.33. The monoisotopic (exact) mass is 371 g/mol. The summed E-state index contributed by atoms with van der Waals surface area (Å²) in [5.41, 5.74) is 8.89. The Hall–Kier alpha value is -2.57. The van der Waals surface area contributed by atoms with Gasteiger partial charge in [-0.2, -0.15) is 0 Å². The molecule has 0 spiro atoms. The second-order valence-corrected chi connectivity index (χ2v) is 6.74. The van der Waals surface area contributed by atoms with Crippen LogP contribution in [0.5, 0.6) is 11.5 Å². The van der Waals surface area contributed by atoms with Gasteiger partial charge in [-0.3, -0.25) is 4.79 Å². The number of amides is 1. The van der Waals surface area contributed by atoms with E-state index in [2.05, 4.69) is 5.32 Å². The fourth-order valence-corrected chi connectivity index (χ4v) is 2.50. The van der Waals surface area contributed by atoms with Crippen molar-refractivity contribution < 1.29 is 14.3 Å². The van der Waals surface area contributed by atoms with Crippen LogP contribution in [0.25, 0.3) is 0 Å². The van der Waals surface area contributed by atoms with E-state index in [1.807, 2.05) is 68.4 Å². The highest BCUT2D eigenvalue weighted by Gasteiger charge is 2.15. The van der Waals surface area contributed by atoms with Crippen LogP contribution in [0.2, 0.25) is 0 Å². The number of ether oxygens (including phenoxy) is 2. The SMILES string of the molecule is COc1cc(CNC(=O)C(N)c2ccc(C)cc2)ccc1OCCN(C)C. The number of methoxy groups -OCH3 is 1. The van der Waals surface area contributed by atoms with Gasteiger partial charge in [0.2, 0.25) is 5.91 Å². The van der Waals surface area contributed by atoms with Crippen molar-refractivity contribution in [3.8, 4) is 11.5 Å². The summed E-state index contributed by atoms with van der Waals surface area (Å²) in [6.45, 7) is 3.76. The first-order chi connectivity index (χ1) is 12.9. The molecule has 2 aromatic rings. The number of benzene rings is 2. The zero-order valence-corrected chi connectivity index (χ0v) is 16.5. The molecule has 3 N–H and O–H groups in total. The Labute approximate surface area is 161 Å². The van der Waals surface area contributed by atoms with Crippen molar-refractivity contribution in [1.29, 1.82) is 0 Å². The summed E-state index contributed by atoms with van der Waals surface area (Å²) < 4.78 is 11.2. The molecular formula is C21H29N3O3. The van der Waals surface area contributed by atoms with Crippen LogP contribution in [0.3, 0.4) is 0 Å². The summed E-state index contributed by atoms with van der Waals surface area (Å²) in [7, 11) is 5.59. The Morgan fingerprint density at radius 2 is 1.85 bits per heavy atom. The minimum Gasteiger partial charge on any atom is -0.493 e. The molecule has 146 valence electrons. The zero-order chi connectivity index (χ0) is 19.8. The van der Waals surface area contributed by atoms with Crippen LogP contribution in [0.1, 0.15) is 22.7 Å². The average Bonchev–Trinajstić information content (AvgIpc) is 2.66. The number of nitrogens with one attached hydrogen (secondary N) is 1. The lowest BCUT2D eigenvalue weighted by molar-refractivity contribution is -0.122. The summed E-state index contributed by atoms with van der Waals surface area (Å²) >= 11 is 0. The van der Waals surface area contributed by atoms with Gasteiger partial charge in [-0.25, -0.2) is 0 Å². The first-order valence-electron chi connectivity index (χ1n) is 8.95. The highest BCUT2D eigenvalue weighted by atomic mass is 16.5. The molecule has 0 fully saturated rings. The minimum absolute atomic E-state index is 0.218. The smallest absolute Gasteiger partial charge is 0.241 e. The average molecular weight is 371 g/mol. The summed E-state index contributed by atoms with van der Waals surface area (Å²) in [5.74, 6) is 1.11. The van der Waals surface area contributed by atoms with Crippen LogP contribution in [-0.4, -0.2) is 45.2 Å². The van der Waals surface area contributed by atoms with Crippen LogP contribution in [0.4, 0.5) is 0 Å². The number of carbonyl (C=O) groups excluding carboxylic acids is 1. The molecular weight excluding hydrogens is 342 g/mol. The molecule has 0 radical (unpaired) electrons. The van der Waals surface area contributed by atoms with Crippen LogP contribution in [-0.2, 0) is 11.3 Å². The number of nitrogens with zero attached hydrogens (tertiary/aromatic N) is 1. The summed E-state index contributed by atoms with van der Waals surface area (Å²) in [4.78, 5) is 14.4. The Morgan fingerprint density at radius 1 is 1.15 bits per heavy atom. The maximum absolute atomic E-state index is 12.3. The van der Waals surface area contributed by atoms with Crippen LogP contribution < -0.4 is 20.5 Å². The molecule has 6 heteroatoms. The molecule has 0 aliphatic heterocycles. The molecule has 2 aromatic carbocycles. The Kier molecular flexibility index (Phi) is 7.64. The van der Waals surface area contributed by atoms with Crippen LogP contribution in [0.15, 0.2) is 42.5 Å². The van der Waals surface area contributed by atoms with E-state index in [0.717, 1.165) is 23.2 Å². The minimum atomic E-state index is -0.693. The topological polar surface area (TPSA) is 76.8 Å². The van der Waals surface area contributed by atoms with Gasteiger partial charge in [-0.1, -0.05) is 35.9 Å². The van der Waals surface area contributed by atoms with E-state index in [1.165, 1.54) is 0 Å². The molecule has 1 atom stereocenters. The lowest BCUT2D eigenvalue weighted by Gasteiger charge is -2.15. The first kappa shape index (κ1) is 20.7. The quantitative estimate of drug-likeness (QED) is 0.707. The van der Waals surface area contributed by atoms with Gasteiger partial charge in [0, 0.05) is 13.1 Å². The predicted molar refractivity (Wildman–Crippen MR) is 107 cm³/mol. The number of aryl methyl sites for hydroxylation is 1. The maximum atomic E-state index is 12.3. The van der Waals surface area contributed by atoms with Gasteiger partial charge in [-0.15, -0.1) is 0 Å². The standard InChI is InChI=1S/C21H29N3O3/c1-15-5-8-17(9-6-15)20(22)21(25)23-14-16-7-10-18(19(13-16)26-4)27-12-11-24(2)3/h5-10,13,20H,11-12,14,22H2,1-4H3,(H,23,25). The number of likely N-dealkylation sites (N-methyl/N-ethyl adjacent to an activating group) is 1. The van der Waals surface area contributed by atoms with Gasteiger partial charge < -0.3 is 25.4 Å². The van der Waals surface area contributed by atoms with E-state index in [-0.39, 0.29) is 5.91 Å². The molecule has 1 amide bonds. The Bertz CT molecular complexity index is 745. The van der Waals surface area contributed by atoms with E-state index >= 15 is 0 Å². The highest BCUT2D eigenvalue weighted by molar-refractivity contribution is 5.82. The number of hydrogen-bond acceptors (Lipinski definition) is 5. The van der Waals surface area contributed by atoms with Crippen molar-refractivity contribution in [2.75, 3.05) is 34.4 Å². The molecule has 2 rings (SSSR count). The van der Waals surface area contributed by atoms with E-state index in [4.69, 9.17) is 15.2 Å². The van der Waals surface area contributed by atoms with Crippen molar-refractivity contribution >= 4 is 5.91 Å². The van der Waals surface area contributed by atoms with Gasteiger partial charge in [0.25, 0.3) is 0 Å². The third-order valence-electron chi connectivity index (χ3n) is 4.21. The van der Waals surface area contributed by atoms with Crippen molar-refractivity contribution in [3.63, 3.8) is 0 Å². The van der Waals surface area contributed by atoms with Crippen molar-refractivity contribution in [3.05, 3.63) is 59.2 Å². The van der Waals surface area contributed by atoms with Gasteiger partial charge in [0.05, 0.1) is 7.11 Å². The molecule has 0 aliphatic rings. The first-order valence-corrected chi connectivity index (χ1v) is 8.95. The molecule has 0 aromatic heterocycles. The number of nitrogens with two attached hydrogens (primary N) is 1. The molecule has 0 heterocycles. The molecule has 6 nitrogen and oxygen atoms in total. The summed E-state index contributed by atoms with van der Waals surface area (Å²) in [6.07, 6.45) is 0. The number of carbonyl (C=O) groups is 1. The summed E-state index contributed by atoms with van der Waals surface area (Å²) in [6, 6.07) is 12.6. The second-order valence-electron chi connectivity index (χ2n) is 6.74. The number of rotatable bonds is 9. The van der Waals surface area contributed by atoms with Gasteiger partial charge in [0.1, 0.15) is 12.6 Å². The Balaban J connectivity index is 1.94. The number of hydrogen-bond donors (Lipinski definition) is 2. The third kappa shape index (κ3) is 6.27. The molecule has 0 saturated heterocycles. The predicted octanol–water partition coefficient (Wildman–Crippen LogP) is 2.26. The molecule has 27 heavy (non-hydrogen) atoms. The molecule has 1 unspecified atom stereocenters. The van der Waals surface area contributed by atoms with E-state index in [0.29, 0.717) is 24.7 Å². The van der Waals surface area contributed by atoms with E-state index in [1.54, 1.807) is 7.11 Å². The van der Waals surface area contributed by atoms with Crippen LogP contribution >= 0.6 is 0 Å². The largest absolute Gasteiger partial charge is 0.493 e. The van der Waals surface area contributed by atoms with Crippen molar-refractivity contribution in [1.82, 2.24) is 10.2 Å². The third-order valence-corrected chi connectivity index (χ3v) is 4.21. The van der Waals surface area contributed by atoms with Gasteiger partial charge in [-0.05, 0) is 44.3 Å². The summed E-state index contributed by atoms with van der Waals surface area (Å²) in [5, 5.41) is 2.87. The molecule has 0 aliphatic carbocycles. The van der Waals surface area contributed by atoms with Crippen LogP contribution in [0, 0.1) is 6.92 Å². The second kappa shape index (κ2) is 9.94. The fraction of sp³-hybridized carbons (Fsp3) is 0.381. The van der Waals surface area contributed by atoms with E-state index in [9.17, 15) is 4.79 Å². The van der Waals surface area contributed by atoms with Gasteiger partial charge in [0.15, 0.2) is 11.5 Å². The molecule has 0 bridgehead atoms. The normalized spacial score (nSPS) is 11.9.